The van der Waals surface area contributed by atoms with Gasteiger partial charge in [0, 0.05) is 43.2 Å². The number of rotatable bonds is 6. The first-order valence-electron chi connectivity index (χ1n) is 7.10. The Morgan fingerprint density at radius 1 is 1.44 bits per heavy atom. The third-order valence-electron chi connectivity index (χ3n) is 5.02. The van der Waals surface area contributed by atoms with Crippen molar-refractivity contribution in [2.24, 2.45) is 17.1 Å². The topological polar surface area (TPSA) is 47.7 Å². The van der Waals surface area contributed by atoms with Crippen molar-refractivity contribution < 1.29 is 9.47 Å². The first kappa shape index (κ1) is 14.3. The molecule has 2 aliphatic rings. The van der Waals surface area contributed by atoms with Crippen LogP contribution in [0.15, 0.2) is 0 Å². The van der Waals surface area contributed by atoms with E-state index in [2.05, 4.69) is 25.8 Å². The van der Waals surface area contributed by atoms with Crippen LogP contribution in [0.1, 0.15) is 27.2 Å². The van der Waals surface area contributed by atoms with Gasteiger partial charge in [0.2, 0.25) is 0 Å². The molecule has 1 heterocycles. The average Bonchev–Trinajstić information content (AvgIpc) is 2.77. The van der Waals surface area contributed by atoms with Gasteiger partial charge in [-0.25, -0.2) is 0 Å². The molecule has 0 aromatic rings. The molecule has 3 atom stereocenters. The van der Waals surface area contributed by atoms with Crippen LogP contribution in [-0.2, 0) is 9.47 Å². The first-order valence-corrected chi connectivity index (χ1v) is 7.10. The average molecular weight is 256 g/mol. The Balaban J connectivity index is 1.91. The maximum Gasteiger partial charge on any atom is 0.0691 e. The fraction of sp³-hybridized carbons (Fsp3) is 1.00. The van der Waals surface area contributed by atoms with Crippen LogP contribution >= 0.6 is 0 Å². The van der Waals surface area contributed by atoms with Gasteiger partial charge in [-0.15, -0.1) is 0 Å². The number of likely N-dealkylation sites (N-methyl/N-ethyl adjacent to an activating group) is 1. The molecule has 1 saturated carbocycles. The molecule has 106 valence electrons. The summed E-state index contributed by atoms with van der Waals surface area (Å²) in [5.74, 6) is 0.530. The highest BCUT2D eigenvalue weighted by atomic mass is 16.5. The molecule has 18 heavy (non-hydrogen) atoms. The Kier molecular flexibility index (Phi) is 4.02. The Bertz CT molecular complexity index is 296. The van der Waals surface area contributed by atoms with Crippen LogP contribution in [0.5, 0.6) is 0 Å². The molecule has 2 fully saturated rings. The lowest BCUT2D eigenvalue weighted by molar-refractivity contribution is -0.162. The molecule has 0 amide bonds. The molecule has 0 radical (unpaired) electrons. The number of hydrogen-bond acceptors (Lipinski definition) is 4. The minimum atomic E-state index is -0.116. The quantitative estimate of drug-likeness (QED) is 0.723. The standard InChI is InChI=1S/C14H28N2O2/c1-5-17-9-7-16(4)10-14(15)11-6-8-18-12(11)13(14,2)3/h11-12H,5-10,15H2,1-4H3. The second-order valence-electron chi connectivity index (χ2n) is 6.38. The fourth-order valence-corrected chi connectivity index (χ4v) is 3.69. The maximum atomic E-state index is 6.71. The van der Waals surface area contributed by atoms with Crippen molar-refractivity contribution >= 4 is 0 Å². The van der Waals surface area contributed by atoms with Crippen molar-refractivity contribution in [3.63, 3.8) is 0 Å². The number of ether oxygens (including phenoxy) is 2. The molecule has 2 N–H and O–H groups in total. The van der Waals surface area contributed by atoms with Crippen molar-refractivity contribution in [2.75, 3.05) is 40.0 Å². The highest BCUT2D eigenvalue weighted by Gasteiger charge is 2.67. The van der Waals surface area contributed by atoms with Crippen LogP contribution in [-0.4, -0.2) is 56.5 Å². The molecule has 0 bridgehead atoms. The lowest BCUT2D eigenvalue weighted by Gasteiger charge is -2.63. The van der Waals surface area contributed by atoms with Crippen LogP contribution < -0.4 is 5.73 Å². The van der Waals surface area contributed by atoms with Gasteiger partial charge in [0.05, 0.1) is 12.7 Å². The Labute approximate surface area is 111 Å². The van der Waals surface area contributed by atoms with Crippen molar-refractivity contribution in [1.82, 2.24) is 4.90 Å². The number of nitrogens with two attached hydrogens (primary N) is 1. The molecule has 1 saturated heterocycles. The van der Waals surface area contributed by atoms with E-state index in [-0.39, 0.29) is 11.0 Å². The summed E-state index contributed by atoms with van der Waals surface area (Å²) in [7, 11) is 2.13. The van der Waals surface area contributed by atoms with Gasteiger partial charge in [-0.3, -0.25) is 0 Å². The zero-order valence-electron chi connectivity index (χ0n) is 12.2. The molecule has 3 unspecified atom stereocenters. The number of fused-ring (bicyclic) bond motifs is 1. The molecular weight excluding hydrogens is 228 g/mol. The largest absolute Gasteiger partial charge is 0.380 e. The molecule has 0 spiro atoms. The summed E-state index contributed by atoms with van der Waals surface area (Å²) in [6.45, 7) is 10.8. The predicted octanol–water partition coefficient (Wildman–Crippen LogP) is 1.10. The molecule has 0 aromatic heterocycles. The van der Waals surface area contributed by atoms with E-state index in [0.717, 1.165) is 39.3 Å². The lowest BCUT2D eigenvalue weighted by atomic mass is 9.48. The number of nitrogens with zero attached hydrogens (tertiary/aromatic N) is 1. The van der Waals surface area contributed by atoms with Gasteiger partial charge < -0.3 is 20.1 Å². The van der Waals surface area contributed by atoms with Crippen LogP contribution in [0, 0.1) is 11.3 Å². The summed E-state index contributed by atoms with van der Waals surface area (Å²) in [4.78, 5) is 2.30. The van der Waals surface area contributed by atoms with E-state index in [1.54, 1.807) is 0 Å². The number of hydrogen-bond donors (Lipinski definition) is 1. The molecule has 4 heteroatoms. The Morgan fingerprint density at radius 3 is 2.83 bits per heavy atom. The zero-order chi connectivity index (χ0) is 13.4. The summed E-state index contributed by atoms with van der Waals surface area (Å²) >= 11 is 0. The summed E-state index contributed by atoms with van der Waals surface area (Å²) in [6.07, 6.45) is 1.48. The van der Waals surface area contributed by atoms with Crippen molar-refractivity contribution in [3.05, 3.63) is 0 Å². The monoisotopic (exact) mass is 256 g/mol. The fourth-order valence-electron chi connectivity index (χ4n) is 3.69. The van der Waals surface area contributed by atoms with E-state index < -0.39 is 0 Å². The van der Waals surface area contributed by atoms with Crippen molar-refractivity contribution in [3.8, 4) is 0 Å². The van der Waals surface area contributed by atoms with E-state index in [4.69, 9.17) is 15.2 Å². The second kappa shape index (κ2) is 5.08. The summed E-state index contributed by atoms with van der Waals surface area (Å²) in [5, 5.41) is 0. The Hall–Kier alpha value is -0.160. The summed E-state index contributed by atoms with van der Waals surface area (Å²) < 4.78 is 11.2. The van der Waals surface area contributed by atoms with Gasteiger partial charge in [0.1, 0.15) is 0 Å². The predicted molar refractivity (Wildman–Crippen MR) is 72.5 cm³/mol. The van der Waals surface area contributed by atoms with E-state index in [0.29, 0.717) is 12.0 Å². The van der Waals surface area contributed by atoms with E-state index >= 15 is 0 Å². The summed E-state index contributed by atoms with van der Waals surface area (Å²) in [5.41, 5.74) is 6.67. The van der Waals surface area contributed by atoms with Gasteiger partial charge in [0.25, 0.3) is 0 Å². The van der Waals surface area contributed by atoms with E-state index in [9.17, 15) is 0 Å². The smallest absolute Gasteiger partial charge is 0.0691 e. The SMILES string of the molecule is CCOCCN(C)CC1(N)C2CCOC2C1(C)C. The summed E-state index contributed by atoms with van der Waals surface area (Å²) in [6, 6.07) is 0. The zero-order valence-corrected chi connectivity index (χ0v) is 12.2. The highest BCUT2D eigenvalue weighted by molar-refractivity contribution is 5.21. The molecule has 0 aromatic carbocycles. The molecule has 4 nitrogen and oxygen atoms in total. The van der Waals surface area contributed by atoms with Gasteiger partial charge in [-0.1, -0.05) is 13.8 Å². The molecule has 1 aliphatic heterocycles. The Morgan fingerprint density at radius 2 is 2.17 bits per heavy atom. The van der Waals surface area contributed by atoms with Crippen molar-refractivity contribution in [1.29, 1.82) is 0 Å². The van der Waals surface area contributed by atoms with Crippen LogP contribution in [0.25, 0.3) is 0 Å². The van der Waals surface area contributed by atoms with Crippen molar-refractivity contribution in [2.45, 2.75) is 38.8 Å². The third kappa shape index (κ3) is 2.09. The highest BCUT2D eigenvalue weighted by Crippen LogP contribution is 2.58. The van der Waals surface area contributed by atoms with E-state index in [1.807, 2.05) is 6.92 Å². The minimum Gasteiger partial charge on any atom is -0.380 e. The van der Waals surface area contributed by atoms with E-state index in [1.165, 1.54) is 0 Å². The molecule has 2 rings (SSSR count). The second-order valence-corrected chi connectivity index (χ2v) is 6.38. The van der Waals surface area contributed by atoms with Gasteiger partial charge in [-0.2, -0.15) is 0 Å². The molecular formula is C14H28N2O2. The normalized spacial score (nSPS) is 37.7. The first-order chi connectivity index (χ1) is 8.43. The maximum absolute atomic E-state index is 6.71. The third-order valence-corrected chi connectivity index (χ3v) is 5.02. The van der Waals surface area contributed by atoms with Gasteiger partial charge >= 0.3 is 0 Å². The van der Waals surface area contributed by atoms with Crippen LogP contribution in [0.4, 0.5) is 0 Å². The lowest BCUT2D eigenvalue weighted by Crippen LogP contribution is -2.78. The van der Waals surface area contributed by atoms with Crippen LogP contribution in [0.2, 0.25) is 0 Å². The van der Waals surface area contributed by atoms with Crippen LogP contribution in [0.3, 0.4) is 0 Å². The van der Waals surface area contributed by atoms with Gasteiger partial charge in [0.15, 0.2) is 0 Å². The molecule has 1 aliphatic carbocycles. The van der Waals surface area contributed by atoms with Gasteiger partial charge in [-0.05, 0) is 20.4 Å². The minimum absolute atomic E-state index is 0.0774.